The van der Waals surface area contributed by atoms with E-state index in [0.717, 1.165) is 28.1 Å². The van der Waals surface area contributed by atoms with Gasteiger partial charge in [-0.05, 0) is 80.6 Å². The van der Waals surface area contributed by atoms with Crippen LogP contribution in [0.4, 0.5) is 0 Å². The van der Waals surface area contributed by atoms with Crippen LogP contribution in [0.1, 0.15) is 35.2 Å². The summed E-state index contributed by atoms with van der Waals surface area (Å²) in [6.45, 7) is 3.67. The Kier molecular flexibility index (Phi) is 7.19. The number of ether oxygens (including phenoxy) is 2. The van der Waals surface area contributed by atoms with Gasteiger partial charge in [0, 0.05) is 27.9 Å². The molecule has 0 bridgehead atoms. The number of benzene rings is 4. The summed E-state index contributed by atoms with van der Waals surface area (Å²) in [4.78, 5) is 14.5. The Morgan fingerprint density at radius 1 is 0.918 bits per heavy atom. The Morgan fingerprint density at radius 2 is 1.61 bits per heavy atom. The van der Waals surface area contributed by atoms with Crippen LogP contribution in [0.15, 0.2) is 121 Å². The Hall–Kier alpha value is -6.00. The number of phenols is 1. The van der Waals surface area contributed by atoms with Gasteiger partial charge in [-0.1, -0.05) is 48.0 Å². The fraction of sp³-hybridized carbons (Fsp3) is 0.132. The van der Waals surface area contributed by atoms with Crippen molar-refractivity contribution in [1.82, 2.24) is 30.2 Å². The molecule has 2 aliphatic rings. The number of para-hydroxylation sites is 2. The topological polar surface area (TPSA) is 115 Å². The van der Waals surface area contributed by atoms with Crippen LogP contribution in [0.25, 0.3) is 22.6 Å². The third kappa shape index (κ3) is 5.08. The highest BCUT2D eigenvalue weighted by Gasteiger charge is 2.48. The summed E-state index contributed by atoms with van der Waals surface area (Å²) in [6.07, 6.45) is 1.96. The summed E-state index contributed by atoms with van der Waals surface area (Å²) in [5, 5.41) is 27.8. The van der Waals surface area contributed by atoms with Gasteiger partial charge < -0.3 is 25.2 Å². The zero-order chi connectivity index (χ0) is 33.9. The lowest BCUT2D eigenvalue weighted by Gasteiger charge is -2.42. The Labute approximate surface area is 287 Å². The summed E-state index contributed by atoms with van der Waals surface area (Å²) in [6, 6.07) is 31.9. The number of aryl methyl sites for hydroxylation is 1. The molecule has 4 heterocycles. The number of fused-ring (bicyclic) bond motifs is 1. The molecule has 0 aliphatic carbocycles. The summed E-state index contributed by atoms with van der Waals surface area (Å²) in [7, 11) is 1.63. The van der Waals surface area contributed by atoms with Crippen LogP contribution in [0, 0.1) is 6.92 Å². The molecular formula is C38H31ClN6O4. The van der Waals surface area contributed by atoms with Gasteiger partial charge in [-0.2, -0.15) is 10.2 Å². The van der Waals surface area contributed by atoms with Gasteiger partial charge in [0.25, 0.3) is 5.91 Å². The average molecular weight is 671 g/mol. The second-order valence-corrected chi connectivity index (χ2v) is 12.6. The van der Waals surface area contributed by atoms with Crippen molar-refractivity contribution in [2.24, 2.45) is 0 Å². The highest BCUT2D eigenvalue weighted by molar-refractivity contribution is 6.30. The number of aromatic nitrogens is 4. The van der Waals surface area contributed by atoms with Gasteiger partial charge in [0.1, 0.15) is 17.2 Å². The average Bonchev–Trinajstić information content (AvgIpc) is 3.71. The van der Waals surface area contributed by atoms with Gasteiger partial charge in [-0.3, -0.25) is 4.79 Å². The van der Waals surface area contributed by atoms with E-state index in [2.05, 4.69) is 10.6 Å². The van der Waals surface area contributed by atoms with Crippen molar-refractivity contribution in [3.05, 3.63) is 148 Å². The molecule has 8 rings (SSSR count). The molecule has 0 saturated heterocycles. The van der Waals surface area contributed by atoms with Crippen molar-refractivity contribution in [1.29, 1.82) is 0 Å². The third-order valence-electron chi connectivity index (χ3n) is 8.99. The molecule has 244 valence electrons. The summed E-state index contributed by atoms with van der Waals surface area (Å²) in [5.41, 5.74) is 4.83. The van der Waals surface area contributed by atoms with E-state index < -0.39 is 11.6 Å². The second-order valence-electron chi connectivity index (χ2n) is 12.1. The molecule has 2 unspecified atom stereocenters. The quantitative estimate of drug-likeness (QED) is 0.180. The van der Waals surface area contributed by atoms with E-state index in [0.29, 0.717) is 39.2 Å². The number of rotatable bonds is 6. The summed E-state index contributed by atoms with van der Waals surface area (Å²) < 4.78 is 15.7. The molecule has 2 aromatic heterocycles. The molecule has 6 aromatic rings. The Bertz CT molecular complexity index is 2260. The van der Waals surface area contributed by atoms with Crippen LogP contribution in [0.3, 0.4) is 0 Å². The lowest BCUT2D eigenvalue weighted by Crippen LogP contribution is -2.59. The fourth-order valence-corrected chi connectivity index (χ4v) is 6.81. The first-order chi connectivity index (χ1) is 23.7. The molecular weight excluding hydrogens is 640 g/mol. The Balaban J connectivity index is 1.38. The molecule has 10 nitrogen and oxygen atoms in total. The first-order valence-electron chi connectivity index (χ1n) is 15.7. The molecule has 0 saturated carbocycles. The maximum atomic E-state index is 14.5. The Morgan fingerprint density at radius 3 is 2.31 bits per heavy atom. The minimum absolute atomic E-state index is 0.0344. The van der Waals surface area contributed by atoms with E-state index in [4.69, 9.17) is 31.3 Å². The van der Waals surface area contributed by atoms with Crippen LogP contribution >= 0.6 is 11.6 Å². The van der Waals surface area contributed by atoms with Gasteiger partial charge in [-0.25, -0.2) is 9.36 Å². The zero-order valence-electron chi connectivity index (χ0n) is 26.8. The third-order valence-corrected chi connectivity index (χ3v) is 9.23. The lowest BCUT2D eigenvalue weighted by atomic mass is 9.81. The minimum atomic E-state index is -1.27. The highest BCUT2D eigenvalue weighted by atomic mass is 35.5. The largest absolute Gasteiger partial charge is 0.508 e. The first-order valence-corrected chi connectivity index (χ1v) is 16.1. The zero-order valence-corrected chi connectivity index (χ0v) is 27.6. The van der Waals surface area contributed by atoms with Gasteiger partial charge >= 0.3 is 0 Å². The molecule has 0 radical (unpaired) electrons. The normalized spacial score (nSPS) is 18.2. The lowest BCUT2D eigenvalue weighted by molar-refractivity contribution is -0.121. The van der Waals surface area contributed by atoms with Crippen LogP contribution in [0.2, 0.25) is 5.02 Å². The van der Waals surface area contributed by atoms with Crippen molar-refractivity contribution in [2.45, 2.75) is 25.4 Å². The predicted octanol–water partition coefficient (Wildman–Crippen LogP) is 6.73. The van der Waals surface area contributed by atoms with Crippen LogP contribution in [-0.2, 0) is 10.5 Å². The number of carbonyl (C=O) groups excluding carboxylic acids is 1. The van der Waals surface area contributed by atoms with Crippen LogP contribution in [-0.4, -0.2) is 37.7 Å². The van der Waals surface area contributed by atoms with Crippen molar-refractivity contribution in [3.63, 3.8) is 0 Å². The predicted molar refractivity (Wildman–Crippen MR) is 185 cm³/mol. The number of halogens is 1. The molecule has 4 aromatic carbocycles. The van der Waals surface area contributed by atoms with Crippen molar-refractivity contribution in [3.8, 4) is 40.0 Å². The molecule has 49 heavy (non-hydrogen) atoms. The number of methoxy groups -OCH3 is 1. The molecule has 1 amide bonds. The van der Waals surface area contributed by atoms with Gasteiger partial charge in [-0.15, -0.1) is 0 Å². The van der Waals surface area contributed by atoms with E-state index in [9.17, 15) is 9.90 Å². The standard InChI is InChI=1S/C38H31ClN6O4/c1-22-31-32(28-21-44(25-10-6-4-7-11-25)43-34(28)23-14-17-27(48-3)18-15-23)33-35(47)40-38(2,29-20-24(39)16-19-30(29)46)41-36(33)49-37(31)45(42-22)26-12-8-5-9-13-26/h4-21,32,41,46H,1-3H3,(H,40,47). The van der Waals surface area contributed by atoms with E-state index in [1.165, 1.54) is 6.07 Å². The van der Waals surface area contributed by atoms with Gasteiger partial charge in [0.05, 0.1) is 46.9 Å². The first kappa shape index (κ1) is 30.3. The van der Waals surface area contributed by atoms with Gasteiger partial charge in [0.2, 0.25) is 11.8 Å². The van der Waals surface area contributed by atoms with Crippen LogP contribution in [0.5, 0.6) is 17.4 Å². The van der Waals surface area contributed by atoms with Gasteiger partial charge in [0.15, 0.2) is 0 Å². The smallest absolute Gasteiger partial charge is 0.255 e. The van der Waals surface area contributed by atoms with Crippen LogP contribution < -0.4 is 20.1 Å². The van der Waals surface area contributed by atoms with E-state index >= 15 is 0 Å². The van der Waals surface area contributed by atoms with E-state index in [1.54, 1.807) is 30.8 Å². The monoisotopic (exact) mass is 670 g/mol. The van der Waals surface area contributed by atoms with Crippen molar-refractivity contribution in [2.75, 3.05) is 7.11 Å². The number of hydrogen-bond acceptors (Lipinski definition) is 7. The van der Waals surface area contributed by atoms with Crippen molar-refractivity contribution < 1.29 is 19.4 Å². The number of phenolic OH excluding ortho intramolecular Hbond substituents is 1. The number of aromatic hydroxyl groups is 1. The summed E-state index contributed by atoms with van der Waals surface area (Å²) in [5.74, 6) is 0.328. The number of nitrogens with one attached hydrogen (secondary N) is 2. The molecule has 0 fully saturated rings. The number of nitrogens with zero attached hydrogens (tertiary/aromatic N) is 4. The molecule has 0 spiro atoms. The van der Waals surface area contributed by atoms with Crippen molar-refractivity contribution >= 4 is 17.5 Å². The summed E-state index contributed by atoms with van der Waals surface area (Å²) >= 11 is 6.36. The molecule has 2 atom stereocenters. The van der Waals surface area contributed by atoms with E-state index in [-0.39, 0.29) is 17.5 Å². The molecule has 2 aliphatic heterocycles. The number of carbonyl (C=O) groups is 1. The molecule has 11 heteroatoms. The SMILES string of the molecule is COc1ccc(-c2nn(-c3ccccc3)cc2C2C3=C(NC(C)(c4cc(Cl)ccc4O)NC3=O)Oc3c2c(C)nn3-c2ccccc2)cc1. The number of hydrogen-bond donors (Lipinski definition) is 3. The number of amides is 1. The molecule has 3 N–H and O–H groups in total. The second kappa shape index (κ2) is 11.6. The fourth-order valence-electron chi connectivity index (χ4n) is 6.64. The highest BCUT2D eigenvalue weighted by Crippen LogP contribution is 2.49. The maximum absolute atomic E-state index is 14.5. The van der Waals surface area contributed by atoms with E-state index in [1.807, 2.05) is 103 Å². The minimum Gasteiger partial charge on any atom is -0.508 e. The maximum Gasteiger partial charge on any atom is 0.255 e.